The Morgan fingerprint density at radius 1 is 1.40 bits per heavy atom. The molecule has 82 valence electrons. The molecule has 0 spiro atoms. The van der Waals surface area contributed by atoms with Crippen LogP contribution in [0.1, 0.15) is 22.8 Å². The van der Waals surface area contributed by atoms with Crippen LogP contribution in [0.15, 0.2) is 16.6 Å². The van der Waals surface area contributed by atoms with Crippen LogP contribution in [0.3, 0.4) is 0 Å². The van der Waals surface area contributed by atoms with Gasteiger partial charge in [-0.25, -0.2) is 0 Å². The molecule has 0 fully saturated rings. The Morgan fingerprint density at radius 2 is 1.93 bits per heavy atom. The lowest BCUT2D eigenvalue weighted by Crippen LogP contribution is -2.12. The zero-order chi connectivity index (χ0) is 11.8. The molecular formula is C9H5BrClF3O. The molecule has 0 aliphatic rings. The van der Waals surface area contributed by atoms with Crippen LogP contribution in [0.2, 0.25) is 5.02 Å². The molecule has 0 aromatic heterocycles. The van der Waals surface area contributed by atoms with Crippen molar-refractivity contribution in [2.45, 2.75) is 13.1 Å². The summed E-state index contributed by atoms with van der Waals surface area (Å²) in [4.78, 5) is 11.1. The first kappa shape index (κ1) is 12.5. The van der Waals surface area contributed by atoms with Gasteiger partial charge in [0, 0.05) is 10.0 Å². The van der Waals surface area contributed by atoms with Gasteiger partial charge in [0.05, 0.1) is 10.6 Å². The van der Waals surface area contributed by atoms with Gasteiger partial charge < -0.3 is 0 Å². The lowest BCUT2D eigenvalue weighted by Gasteiger charge is -2.13. The summed E-state index contributed by atoms with van der Waals surface area (Å²) in [6.45, 7) is 1.06. The van der Waals surface area contributed by atoms with Crippen molar-refractivity contribution in [2.24, 2.45) is 0 Å². The summed E-state index contributed by atoms with van der Waals surface area (Å²) in [6.07, 6.45) is -4.56. The third-order valence-electron chi connectivity index (χ3n) is 1.75. The molecule has 1 aromatic rings. The number of benzene rings is 1. The van der Waals surface area contributed by atoms with Crippen LogP contribution >= 0.6 is 27.5 Å². The molecule has 0 heterocycles. The normalized spacial score (nSPS) is 11.6. The highest BCUT2D eigenvalue weighted by Crippen LogP contribution is 2.38. The number of hydrogen-bond donors (Lipinski definition) is 0. The van der Waals surface area contributed by atoms with Gasteiger partial charge in [-0.2, -0.15) is 13.2 Å². The summed E-state index contributed by atoms with van der Waals surface area (Å²) in [7, 11) is 0. The highest BCUT2D eigenvalue weighted by atomic mass is 79.9. The smallest absolute Gasteiger partial charge is 0.294 e. The molecule has 0 aliphatic heterocycles. The molecule has 0 unspecified atom stereocenters. The van der Waals surface area contributed by atoms with Crippen LogP contribution in [0.5, 0.6) is 0 Å². The monoisotopic (exact) mass is 300 g/mol. The van der Waals surface area contributed by atoms with E-state index in [1.54, 1.807) is 0 Å². The Morgan fingerprint density at radius 3 is 2.33 bits per heavy atom. The minimum atomic E-state index is -4.56. The molecule has 0 saturated heterocycles. The first-order valence-corrected chi connectivity index (χ1v) is 4.98. The summed E-state index contributed by atoms with van der Waals surface area (Å²) in [5.41, 5.74) is -1.42. The third-order valence-corrected chi connectivity index (χ3v) is 3.12. The Bertz CT molecular complexity index is 415. The average molecular weight is 301 g/mol. The van der Waals surface area contributed by atoms with Crippen LogP contribution in [0, 0.1) is 0 Å². The summed E-state index contributed by atoms with van der Waals surface area (Å²) in [5.74, 6) is -0.684. The second-order valence-electron chi connectivity index (χ2n) is 2.84. The highest BCUT2D eigenvalue weighted by molar-refractivity contribution is 9.10. The Kier molecular flexibility index (Phi) is 3.45. The van der Waals surface area contributed by atoms with E-state index in [0.717, 1.165) is 19.1 Å². The van der Waals surface area contributed by atoms with Crippen molar-refractivity contribution in [3.63, 3.8) is 0 Å². The Balaban J connectivity index is 3.55. The second-order valence-corrected chi connectivity index (χ2v) is 4.04. The number of carbonyl (C=O) groups is 1. The molecular weight excluding hydrogens is 296 g/mol. The first-order chi connectivity index (χ1) is 6.75. The van der Waals surface area contributed by atoms with Gasteiger partial charge in [0.15, 0.2) is 5.78 Å². The standard InChI is InChI=1S/C9H5BrClF3O/c1-4(15)7-5(9(12,13)14)2-3-6(11)8(7)10/h2-3H,1H3. The molecule has 15 heavy (non-hydrogen) atoms. The van der Waals surface area contributed by atoms with Crippen molar-refractivity contribution in [3.8, 4) is 0 Å². The van der Waals surface area contributed by atoms with E-state index in [-0.39, 0.29) is 9.50 Å². The maximum Gasteiger partial charge on any atom is 0.417 e. The van der Waals surface area contributed by atoms with E-state index >= 15 is 0 Å². The fourth-order valence-corrected chi connectivity index (χ4v) is 1.91. The largest absolute Gasteiger partial charge is 0.417 e. The van der Waals surface area contributed by atoms with Gasteiger partial charge in [0.25, 0.3) is 0 Å². The van der Waals surface area contributed by atoms with Gasteiger partial charge in [-0.15, -0.1) is 0 Å². The van der Waals surface area contributed by atoms with Crippen LogP contribution in [-0.4, -0.2) is 5.78 Å². The maximum absolute atomic E-state index is 12.5. The van der Waals surface area contributed by atoms with Crippen molar-refractivity contribution in [1.82, 2.24) is 0 Å². The van der Waals surface area contributed by atoms with Crippen LogP contribution in [0.4, 0.5) is 13.2 Å². The van der Waals surface area contributed by atoms with Gasteiger partial charge in [-0.05, 0) is 35.0 Å². The lowest BCUT2D eigenvalue weighted by molar-refractivity contribution is -0.137. The second kappa shape index (κ2) is 4.14. The molecule has 1 nitrogen and oxygen atoms in total. The third kappa shape index (κ3) is 2.52. The summed E-state index contributed by atoms with van der Waals surface area (Å²) in [5, 5.41) is 0.0770. The molecule has 0 saturated carbocycles. The lowest BCUT2D eigenvalue weighted by atomic mass is 10.0. The molecule has 0 radical (unpaired) electrons. The Labute approximate surface area is 97.4 Å². The van der Waals surface area contributed by atoms with Crippen molar-refractivity contribution in [2.75, 3.05) is 0 Å². The Hall–Kier alpha value is -0.550. The molecule has 1 aromatic carbocycles. The quantitative estimate of drug-likeness (QED) is 0.706. The highest BCUT2D eigenvalue weighted by Gasteiger charge is 2.35. The van der Waals surface area contributed by atoms with Gasteiger partial charge in [-0.3, -0.25) is 4.79 Å². The van der Waals surface area contributed by atoms with E-state index in [9.17, 15) is 18.0 Å². The number of Topliss-reactive ketones (excluding diaryl/α,β-unsaturated/α-hetero) is 1. The topological polar surface area (TPSA) is 17.1 Å². The maximum atomic E-state index is 12.5. The SMILES string of the molecule is CC(=O)c1c(C(F)(F)F)ccc(Cl)c1Br. The van der Waals surface area contributed by atoms with E-state index in [2.05, 4.69) is 15.9 Å². The van der Waals surface area contributed by atoms with Gasteiger partial charge in [0.1, 0.15) is 0 Å². The molecule has 0 aliphatic carbocycles. The van der Waals surface area contributed by atoms with Crippen LogP contribution in [0.25, 0.3) is 0 Å². The van der Waals surface area contributed by atoms with Crippen molar-refractivity contribution >= 4 is 33.3 Å². The summed E-state index contributed by atoms with van der Waals surface area (Å²) >= 11 is 8.48. The predicted molar refractivity (Wildman–Crippen MR) is 54.2 cm³/mol. The number of hydrogen-bond acceptors (Lipinski definition) is 1. The van der Waals surface area contributed by atoms with Crippen molar-refractivity contribution < 1.29 is 18.0 Å². The molecule has 0 amide bonds. The molecule has 6 heteroatoms. The predicted octanol–water partition coefficient (Wildman–Crippen LogP) is 4.32. The molecule has 0 atom stereocenters. The minimum Gasteiger partial charge on any atom is -0.294 e. The van der Waals surface area contributed by atoms with Crippen molar-refractivity contribution in [3.05, 3.63) is 32.8 Å². The van der Waals surface area contributed by atoms with E-state index in [0.29, 0.717) is 0 Å². The summed E-state index contributed by atoms with van der Waals surface area (Å²) < 4.78 is 37.5. The number of halogens is 5. The van der Waals surface area contributed by atoms with Gasteiger partial charge in [0.2, 0.25) is 0 Å². The van der Waals surface area contributed by atoms with Gasteiger partial charge >= 0.3 is 6.18 Å². The van der Waals surface area contributed by atoms with E-state index in [1.807, 2.05) is 0 Å². The van der Waals surface area contributed by atoms with Crippen LogP contribution < -0.4 is 0 Å². The van der Waals surface area contributed by atoms with E-state index in [1.165, 1.54) is 0 Å². The molecule has 0 bridgehead atoms. The van der Waals surface area contributed by atoms with Gasteiger partial charge in [-0.1, -0.05) is 11.6 Å². The average Bonchev–Trinajstić information content (AvgIpc) is 2.06. The van der Waals surface area contributed by atoms with Crippen LogP contribution in [-0.2, 0) is 6.18 Å². The number of ketones is 1. The molecule has 1 rings (SSSR count). The van der Waals surface area contributed by atoms with E-state index < -0.39 is 23.1 Å². The number of rotatable bonds is 1. The zero-order valence-corrected chi connectivity index (χ0v) is 9.79. The zero-order valence-electron chi connectivity index (χ0n) is 7.45. The van der Waals surface area contributed by atoms with Crippen molar-refractivity contribution in [1.29, 1.82) is 0 Å². The van der Waals surface area contributed by atoms with E-state index in [4.69, 9.17) is 11.6 Å². The minimum absolute atomic E-state index is 0.0218. The molecule has 0 N–H and O–H groups in total. The fourth-order valence-electron chi connectivity index (χ4n) is 1.13. The first-order valence-electron chi connectivity index (χ1n) is 3.81. The number of carbonyl (C=O) groups excluding carboxylic acids is 1. The summed E-state index contributed by atoms with van der Waals surface area (Å²) in [6, 6.07) is 1.89. The number of alkyl halides is 3. The fraction of sp³-hybridized carbons (Fsp3) is 0.222.